The zero-order valence-corrected chi connectivity index (χ0v) is 11.6. The minimum absolute atomic E-state index is 0.179. The Morgan fingerprint density at radius 3 is 2.59 bits per heavy atom. The lowest BCUT2D eigenvalue weighted by Gasteiger charge is -2.17. The molecule has 0 aromatic heterocycles. The van der Waals surface area contributed by atoms with E-state index in [0.717, 1.165) is 12.8 Å². The highest BCUT2D eigenvalue weighted by Gasteiger charge is 2.20. The Hall–Kier alpha value is -0.780. The van der Waals surface area contributed by atoms with Gasteiger partial charge in [-0.1, -0.05) is 24.9 Å². The van der Waals surface area contributed by atoms with Gasteiger partial charge in [-0.3, -0.25) is 0 Å². The number of benzene rings is 1. The predicted octanol–water partition coefficient (Wildman–Crippen LogP) is 2.34. The summed E-state index contributed by atoms with van der Waals surface area (Å²) in [5.74, 6) is 0. The minimum Gasteiger partial charge on any atom is -0.397 e. The molecular formula is C11H17ClN2O2S. The molecule has 0 aliphatic rings. The van der Waals surface area contributed by atoms with Crippen LogP contribution in [0.5, 0.6) is 0 Å². The summed E-state index contributed by atoms with van der Waals surface area (Å²) in [6.45, 7) is 2.52. The second-order valence-corrected chi connectivity index (χ2v) is 6.32. The Kier molecular flexibility index (Phi) is 4.80. The molecular weight excluding hydrogens is 260 g/mol. The Balaban J connectivity index is 3.00. The van der Waals surface area contributed by atoms with Gasteiger partial charge in [-0.25, -0.2) is 12.7 Å². The number of nitrogen functional groups attached to an aromatic ring is 1. The van der Waals surface area contributed by atoms with Gasteiger partial charge in [0.25, 0.3) is 0 Å². The van der Waals surface area contributed by atoms with E-state index in [-0.39, 0.29) is 10.6 Å². The molecule has 17 heavy (non-hydrogen) atoms. The molecule has 0 radical (unpaired) electrons. The van der Waals surface area contributed by atoms with Crippen molar-refractivity contribution in [1.29, 1.82) is 0 Å². The smallest absolute Gasteiger partial charge is 0.242 e. The van der Waals surface area contributed by atoms with Gasteiger partial charge in [0, 0.05) is 13.6 Å². The van der Waals surface area contributed by atoms with Gasteiger partial charge >= 0.3 is 0 Å². The Morgan fingerprint density at radius 1 is 1.41 bits per heavy atom. The number of hydrogen-bond donors (Lipinski definition) is 1. The zero-order valence-electron chi connectivity index (χ0n) is 9.98. The Labute approximate surface area is 107 Å². The first kappa shape index (κ1) is 14.3. The fourth-order valence-corrected chi connectivity index (χ4v) is 2.73. The van der Waals surface area contributed by atoms with Gasteiger partial charge in [0.2, 0.25) is 10.0 Å². The first-order chi connectivity index (χ1) is 7.89. The van der Waals surface area contributed by atoms with Gasteiger partial charge in [-0.15, -0.1) is 0 Å². The summed E-state index contributed by atoms with van der Waals surface area (Å²) in [5.41, 5.74) is 5.88. The maximum Gasteiger partial charge on any atom is 0.242 e. The fourth-order valence-electron chi connectivity index (χ4n) is 1.36. The largest absolute Gasteiger partial charge is 0.397 e. The number of rotatable bonds is 5. The molecule has 0 heterocycles. The van der Waals surface area contributed by atoms with Crippen LogP contribution >= 0.6 is 11.6 Å². The van der Waals surface area contributed by atoms with Crippen LogP contribution < -0.4 is 5.73 Å². The van der Waals surface area contributed by atoms with Crippen LogP contribution in [0.3, 0.4) is 0 Å². The molecule has 0 aliphatic heterocycles. The van der Waals surface area contributed by atoms with E-state index in [2.05, 4.69) is 0 Å². The number of halogens is 1. The van der Waals surface area contributed by atoms with Gasteiger partial charge in [-0.2, -0.15) is 0 Å². The van der Waals surface area contributed by atoms with Crippen molar-refractivity contribution < 1.29 is 8.42 Å². The average Bonchev–Trinajstić information content (AvgIpc) is 2.29. The summed E-state index contributed by atoms with van der Waals surface area (Å²) in [4.78, 5) is 0.179. The highest BCUT2D eigenvalue weighted by Crippen LogP contribution is 2.24. The van der Waals surface area contributed by atoms with Gasteiger partial charge in [-0.05, 0) is 24.6 Å². The van der Waals surface area contributed by atoms with Crippen LogP contribution in [0.15, 0.2) is 23.1 Å². The van der Waals surface area contributed by atoms with E-state index in [1.54, 1.807) is 7.05 Å². The molecule has 0 unspecified atom stereocenters. The number of hydrogen-bond acceptors (Lipinski definition) is 3. The fraction of sp³-hybridized carbons (Fsp3) is 0.455. The minimum atomic E-state index is -3.46. The third kappa shape index (κ3) is 3.34. The highest BCUT2D eigenvalue weighted by atomic mass is 35.5. The van der Waals surface area contributed by atoms with Gasteiger partial charge in [0.1, 0.15) is 0 Å². The van der Waals surface area contributed by atoms with Crippen LogP contribution in [-0.2, 0) is 10.0 Å². The molecule has 0 saturated carbocycles. The molecule has 1 rings (SSSR count). The van der Waals surface area contributed by atoms with E-state index in [1.807, 2.05) is 6.92 Å². The molecule has 0 fully saturated rings. The lowest BCUT2D eigenvalue weighted by Crippen LogP contribution is -2.28. The standard InChI is InChI=1S/C11H17ClN2O2S/c1-3-4-7-14(2)17(15,16)9-5-6-10(12)11(13)8-9/h5-6,8H,3-4,7,13H2,1-2H3. The van der Waals surface area contributed by atoms with E-state index in [0.29, 0.717) is 11.6 Å². The van der Waals surface area contributed by atoms with Crippen LogP contribution in [0.2, 0.25) is 5.02 Å². The summed E-state index contributed by atoms with van der Waals surface area (Å²) in [6.07, 6.45) is 1.78. The third-order valence-electron chi connectivity index (χ3n) is 2.50. The maximum absolute atomic E-state index is 12.1. The SMILES string of the molecule is CCCCN(C)S(=O)(=O)c1ccc(Cl)c(N)c1. The highest BCUT2D eigenvalue weighted by molar-refractivity contribution is 7.89. The van der Waals surface area contributed by atoms with Crippen LogP contribution in [-0.4, -0.2) is 26.3 Å². The second kappa shape index (κ2) is 5.71. The van der Waals surface area contributed by atoms with E-state index >= 15 is 0 Å². The number of nitrogens with zero attached hydrogens (tertiary/aromatic N) is 1. The zero-order chi connectivity index (χ0) is 13.1. The molecule has 0 amide bonds. The van der Waals surface area contributed by atoms with Crippen molar-refractivity contribution in [1.82, 2.24) is 4.31 Å². The number of anilines is 1. The maximum atomic E-state index is 12.1. The lowest BCUT2D eigenvalue weighted by atomic mass is 10.3. The molecule has 0 atom stereocenters. The first-order valence-corrected chi connectivity index (χ1v) is 7.22. The predicted molar refractivity (Wildman–Crippen MR) is 70.6 cm³/mol. The number of unbranched alkanes of at least 4 members (excludes halogenated alkanes) is 1. The Bertz CT molecular complexity index is 488. The van der Waals surface area contributed by atoms with Gasteiger partial charge in [0.05, 0.1) is 15.6 Å². The first-order valence-electron chi connectivity index (χ1n) is 5.41. The van der Waals surface area contributed by atoms with Crippen molar-refractivity contribution in [3.05, 3.63) is 23.2 Å². The van der Waals surface area contributed by atoms with E-state index in [4.69, 9.17) is 17.3 Å². The van der Waals surface area contributed by atoms with Crippen LogP contribution in [0.1, 0.15) is 19.8 Å². The number of nitrogens with two attached hydrogens (primary N) is 1. The van der Waals surface area contributed by atoms with Crippen molar-refractivity contribution in [2.75, 3.05) is 19.3 Å². The summed E-state index contributed by atoms with van der Waals surface area (Å²) in [7, 11) is -1.89. The van der Waals surface area contributed by atoms with Crippen molar-refractivity contribution in [2.45, 2.75) is 24.7 Å². The molecule has 4 nitrogen and oxygen atoms in total. The van der Waals surface area contributed by atoms with Gasteiger partial charge < -0.3 is 5.73 Å². The summed E-state index contributed by atoms with van der Waals surface area (Å²) in [5, 5.41) is 0.361. The topological polar surface area (TPSA) is 63.4 Å². The molecule has 0 aliphatic carbocycles. The second-order valence-electron chi connectivity index (χ2n) is 3.86. The van der Waals surface area contributed by atoms with E-state index < -0.39 is 10.0 Å². The molecule has 0 bridgehead atoms. The van der Waals surface area contributed by atoms with Crippen molar-refractivity contribution in [3.8, 4) is 0 Å². The molecule has 1 aromatic carbocycles. The van der Waals surface area contributed by atoms with Crippen molar-refractivity contribution >= 4 is 27.3 Å². The summed E-state index contributed by atoms with van der Waals surface area (Å²) >= 11 is 5.76. The van der Waals surface area contributed by atoms with E-state index in [9.17, 15) is 8.42 Å². The van der Waals surface area contributed by atoms with Crippen LogP contribution in [0, 0.1) is 0 Å². The summed E-state index contributed by atoms with van der Waals surface area (Å²) in [6, 6.07) is 4.36. The normalized spacial score (nSPS) is 12.0. The van der Waals surface area contributed by atoms with Crippen molar-refractivity contribution in [2.24, 2.45) is 0 Å². The van der Waals surface area contributed by atoms with Crippen molar-refractivity contribution in [3.63, 3.8) is 0 Å². The Morgan fingerprint density at radius 2 is 2.06 bits per heavy atom. The third-order valence-corrected chi connectivity index (χ3v) is 4.70. The lowest BCUT2D eigenvalue weighted by molar-refractivity contribution is 0.459. The number of sulfonamides is 1. The average molecular weight is 277 g/mol. The van der Waals surface area contributed by atoms with E-state index in [1.165, 1.54) is 22.5 Å². The monoisotopic (exact) mass is 276 g/mol. The quantitative estimate of drug-likeness (QED) is 0.840. The molecule has 6 heteroatoms. The molecule has 1 aromatic rings. The van der Waals surface area contributed by atoms with Crippen LogP contribution in [0.25, 0.3) is 0 Å². The molecule has 96 valence electrons. The van der Waals surface area contributed by atoms with Crippen LogP contribution in [0.4, 0.5) is 5.69 Å². The molecule has 0 saturated heterocycles. The summed E-state index contributed by atoms with van der Waals surface area (Å²) < 4.78 is 25.6. The van der Waals surface area contributed by atoms with Gasteiger partial charge in [0.15, 0.2) is 0 Å². The molecule has 2 N–H and O–H groups in total. The molecule has 0 spiro atoms.